The van der Waals surface area contributed by atoms with Crippen LogP contribution in [0.4, 0.5) is 11.4 Å². The van der Waals surface area contributed by atoms with Crippen molar-refractivity contribution in [3.05, 3.63) is 59.2 Å². The van der Waals surface area contributed by atoms with E-state index in [4.69, 9.17) is 17.3 Å². The summed E-state index contributed by atoms with van der Waals surface area (Å²) in [6, 6.07) is 12.9. The number of carbonyl (C=O) groups excluding carboxylic acids is 1. The summed E-state index contributed by atoms with van der Waals surface area (Å²) in [6.07, 6.45) is 0. The Bertz CT molecular complexity index is 705. The van der Waals surface area contributed by atoms with Gasteiger partial charge in [-0.05, 0) is 55.3 Å². The molecule has 3 N–H and O–H groups in total. The fourth-order valence-electron chi connectivity index (χ4n) is 2.16. The van der Waals surface area contributed by atoms with Gasteiger partial charge in [0.05, 0.1) is 11.6 Å². The van der Waals surface area contributed by atoms with Crippen molar-refractivity contribution in [2.45, 2.75) is 13.8 Å². The second-order valence-electron chi connectivity index (χ2n) is 5.12. The van der Waals surface area contributed by atoms with Crippen LogP contribution in [0.15, 0.2) is 47.5 Å². The molecule has 2 aromatic carbocycles. The highest BCUT2D eigenvalue weighted by molar-refractivity contribution is 6.28. The number of alkyl halides is 1. The van der Waals surface area contributed by atoms with Gasteiger partial charge in [-0.1, -0.05) is 12.1 Å². The summed E-state index contributed by atoms with van der Waals surface area (Å²) in [5.74, 6) is 0.277. The van der Waals surface area contributed by atoms with Crippen molar-refractivity contribution in [3.8, 4) is 0 Å². The maximum absolute atomic E-state index is 12.3. The molecule has 0 aliphatic heterocycles. The van der Waals surface area contributed by atoms with Crippen LogP contribution in [-0.2, 0) is 0 Å². The predicted octanol–water partition coefficient (Wildman–Crippen LogP) is 3.78. The molecule has 1 amide bonds. The lowest BCUT2D eigenvalue weighted by Gasteiger charge is -2.08. The second-order valence-corrected chi connectivity index (χ2v) is 5.38. The molecule has 114 valence electrons. The quantitative estimate of drug-likeness (QED) is 0.512. The largest absolute Gasteiger partial charge is 0.386 e. The molecule has 0 spiro atoms. The number of aryl methyl sites for hydroxylation is 2. The molecule has 2 rings (SSSR count). The summed E-state index contributed by atoms with van der Waals surface area (Å²) in [5.41, 5.74) is 9.70. The highest BCUT2D eigenvalue weighted by Gasteiger charge is 2.07. The van der Waals surface area contributed by atoms with E-state index in [9.17, 15) is 4.79 Å². The first-order chi connectivity index (χ1) is 10.5. The first-order valence-corrected chi connectivity index (χ1v) is 7.40. The molecule has 4 nitrogen and oxygen atoms in total. The zero-order valence-corrected chi connectivity index (χ0v) is 13.3. The molecular formula is C17H18ClN3O. The van der Waals surface area contributed by atoms with Gasteiger partial charge in [0.2, 0.25) is 0 Å². The van der Waals surface area contributed by atoms with Crippen molar-refractivity contribution in [1.29, 1.82) is 0 Å². The Morgan fingerprint density at radius 3 is 2.50 bits per heavy atom. The van der Waals surface area contributed by atoms with Crippen LogP contribution in [0.3, 0.4) is 0 Å². The van der Waals surface area contributed by atoms with Crippen LogP contribution in [0, 0.1) is 13.8 Å². The molecule has 0 aliphatic carbocycles. The van der Waals surface area contributed by atoms with E-state index in [-0.39, 0.29) is 11.8 Å². The van der Waals surface area contributed by atoms with E-state index in [1.54, 1.807) is 24.3 Å². The van der Waals surface area contributed by atoms with Crippen molar-refractivity contribution in [2.24, 2.45) is 10.7 Å². The number of amides is 1. The van der Waals surface area contributed by atoms with Crippen molar-refractivity contribution < 1.29 is 4.79 Å². The normalized spacial score (nSPS) is 11.3. The molecule has 5 heteroatoms. The zero-order valence-electron chi connectivity index (χ0n) is 12.6. The lowest BCUT2D eigenvalue weighted by Crippen LogP contribution is -2.13. The topological polar surface area (TPSA) is 67.5 Å². The van der Waals surface area contributed by atoms with Crippen molar-refractivity contribution in [2.75, 3.05) is 11.2 Å². The van der Waals surface area contributed by atoms with E-state index in [2.05, 4.69) is 16.4 Å². The molecule has 0 radical (unpaired) electrons. The van der Waals surface area contributed by atoms with Gasteiger partial charge in [-0.25, -0.2) is 4.99 Å². The minimum absolute atomic E-state index is 0.152. The third-order valence-electron chi connectivity index (χ3n) is 3.00. The molecule has 0 aromatic heterocycles. The third kappa shape index (κ3) is 4.33. The number of nitrogens with zero attached hydrogens (tertiary/aromatic N) is 1. The van der Waals surface area contributed by atoms with Crippen LogP contribution in [-0.4, -0.2) is 17.6 Å². The van der Waals surface area contributed by atoms with E-state index in [0.717, 1.165) is 16.8 Å². The van der Waals surface area contributed by atoms with Gasteiger partial charge in [-0.15, -0.1) is 11.6 Å². The molecule has 0 aliphatic rings. The number of benzene rings is 2. The smallest absolute Gasteiger partial charge is 0.255 e. The Kier molecular flexibility index (Phi) is 5.17. The molecule has 0 heterocycles. The second kappa shape index (κ2) is 7.09. The van der Waals surface area contributed by atoms with E-state index in [0.29, 0.717) is 17.1 Å². The molecule has 0 fully saturated rings. The molecule has 0 bridgehead atoms. The first kappa shape index (κ1) is 16.0. The zero-order chi connectivity index (χ0) is 16.1. The molecule has 0 unspecified atom stereocenters. The summed E-state index contributed by atoms with van der Waals surface area (Å²) in [6.45, 7) is 3.99. The highest BCUT2D eigenvalue weighted by Crippen LogP contribution is 2.18. The number of amidine groups is 1. The lowest BCUT2D eigenvalue weighted by atomic mass is 10.1. The van der Waals surface area contributed by atoms with E-state index in [1.165, 1.54) is 0 Å². The van der Waals surface area contributed by atoms with Gasteiger partial charge in [-0.3, -0.25) is 4.79 Å². The van der Waals surface area contributed by atoms with Crippen LogP contribution in [0.25, 0.3) is 0 Å². The number of rotatable bonds is 4. The average Bonchev–Trinajstić information content (AvgIpc) is 2.46. The number of aliphatic imine (C=N–C) groups is 1. The van der Waals surface area contributed by atoms with E-state index in [1.807, 2.05) is 26.0 Å². The summed E-state index contributed by atoms with van der Waals surface area (Å²) >= 11 is 5.61. The number of nitrogens with two attached hydrogens (primary N) is 1. The third-order valence-corrected chi connectivity index (χ3v) is 3.27. The van der Waals surface area contributed by atoms with Crippen LogP contribution >= 0.6 is 11.6 Å². The van der Waals surface area contributed by atoms with Crippen LogP contribution in [0.1, 0.15) is 21.5 Å². The Balaban J connectivity index is 2.21. The van der Waals surface area contributed by atoms with Gasteiger partial charge in [0, 0.05) is 11.3 Å². The molecule has 0 saturated carbocycles. The number of halogens is 1. The minimum atomic E-state index is -0.188. The molecule has 2 aromatic rings. The molecular weight excluding hydrogens is 298 g/mol. The average molecular weight is 316 g/mol. The number of nitrogens with one attached hydrogen (secondary N) is 1. The number of anilines is 1. The summed E-state index contributed by atoms with van der Waals surface area (Å²) < 4.78 is 0. The van der Waals surface area contributed by atoms with Gasteiger partial charge in [0.25, 0.3) is 5.91 Å². The van der Waals surface area contributed by atoms with Crippen LogP contribution < -0.4 is 11.1 Å². The van der Waals surface area contributed by atoms with Crippen LogP contribution in [0.2, 0.25) is 0 Å². The van der Waals surface area contributed by atoms with E-state index >= 15 is 0 Å². The number of carbonyl (C=O) groups is 1. The first-order valence-electron chi connectivity index (χ1n) is 6.86. The van der Waals surface area contributed by atoms with Crippen LogP contribution in [0.5, 0.6) is 0 Å². The van der Waals surface area contributed by atoms with Gasteiger partial charge < -0.3 is 11.1 Å². The Labute approximate surface area is 135 Å². The fourth-order valence-corrected chi connectivity index (χ4v) is 2.22. The van der Waals surface area contributed by atoms with Crippen molar-refractivity contribution in [3.63, 3.8) is 0 Å². The Morgan fingerprint density at radius 2 is 1.86 bits per heavy atom. The number of hydrogen-bond donors (Lipinski definition) is 2. The van der Waals surface area contributed by atoms with Gasteiger partial charge in [-0.2, -0.15) is 0 Å². The lowest BCUT2D eigenvalue weighted by molar-refractivity contribution is 0.102. The predicted molar refractivity (Wildman–Crippen MR) is 92.3 cm³/mol. The summed E-state index contributed by atoms with van der Waals surface area (Å²) in [7, 11) is 0. The van der Waals surface area contributed by atoms with Crippen molar-refractivity contribution >= 4 is 34.7 Å². The molecule has 0 saturated heterocycles. The van der Waals surface area contributed by atoms with Crippen molar-refractivity contribution in [1.82, 2.24) is 0 Å². The van der Waals surface area contributed by atoms with Gasteiger partial charge in [0.15, 0.2) is 0 Å². The highest BCUT2D eigenvalue weighted by atomic mass is 35.5. The Hall–Kier alpha value is -2.33. The molecule has 0 atom stereocenters. The van der Waals surface area contributed by atoms with Gasteiger partial charge in [0.1, 0.15) is 5.84 Å². The maximum atomic E-state index is 12.3. The monoisotopic (exact) mass is 315 g/mol. The fraction of sp³-hybridized carbons (Fsp3) is 0.176. The minimum Gasteiger partial charge on any atom is -0.386 e. The summed E-state index contributed by atoms with van der Waals surface area (Å²) in [5, 5.41) is 2.89. The Morgan fingerprint density at radius 1 is 1.18 bits per heavy atom. The summed E-state index contributed by atoms with van der Waals surface area (Å²) in [4.78, 5) is 16.5. The SMILES string of the molecule is Cc1cc(C)cc(NC(=O)c2cccc(N=C(N)CCl)c2)c1. The number of hydrogen-bond acceptors (Lipinski definition) is 2. The molecule has 22 heavy (non-hydrogen) atoms. The maximum Gasteiger partial charge on any atom is 0.255 e. The van der Waals surface area contributed by atoms with E-state index < -0.39 is 0 Å². The van der Waals surface area contributed by atoms with Gasteiger partial charge >= 0.3 is 0 Å². The standard InChI is InChI=1S/C17H18ClN3O/c1-11-6-12(2)8-15(7-11)21-17(22)13-4-3-5-14(9-13)20-16(19)10-18/h3-9H,10H2,1-2H3,(H2,19,20)(H,21,22).